The zero-order valence-electron chi connectivity index (χ0n) is 15.5. The molecule has 0 aliphatic heterocycles. The van der Waals surface area contributed by atoms with Gasteiger partial charge in [-0.25, -0.2) is 0 Å². The zero-order chi connectivity index (χ0) is 18.8. The summed E-state index contributed by atoms with van der Waals surface area (Å²) in [7, 11) is 0. The van der Waals surface area contributed by atoms with E-state index in [1.807, 2.05) is 20.8 Å². The molecular weight excluding hydrogens is 320 g/mol. The van der Waals surface area contributed by atoms with Crippen LogP contribution in [0.1, 0.15) is 50.9 Å². The molecule has 0 heterocycles. The third kappa shape index (κ3) is 7.83. The van der Waals surface area contributed by atoms with Gasteiger partial charge >= 0.3 is 0 Å². The number of benzene rings is 1. The van der Waals surface area contributed by atoms with Crippen molar-refractivity contribution in [1.82, 2.24) is 10.2 Å². The first-order chi connectivity index (χ1) is 11.8. The number of Topliss-reactive ketones (excluding diaryl/α,β-unsaturated/α-hetero) is 1. The SMILES string of the molecule is CCN(CC(=O)NC(C)C)C(=O)CCCOc1ccc(C(C)=O)cc1. The van der Waals surface area contributed by atoms with Gasteiger partial charge in [-0.3, -0.25) is 14.4 Å². The number of ketones is 1. The van der Waals surface area contributed by atoms with E-state index < -0.39 is 0 Å². The van der Waals surface area contributed by atoms with Crippen molar-refractivity contribution in [3.8, 4) is 5.75 Å². The van der Waals surface area contributed by atoms with Crippen LogP contribution < -0.4 is 10.1 Å². The first-order valence-corrected chi connectivity index (χ1v) is 8.64. The first-order valence-electron chi connectivity index (χ1n) is 8.64. The molecule has 2 amide bonds. The normalized spacial score (nSPS) is 10.4. The van der Waals surface area contributed by atoms with Crippen LogP contribution in [0.25, 0.3) is 0 Å². The highest BCUT2D eigenvalue weighted by Gasteiger charge is 2.15. The number of ether oxygens (including phenoxy) is 1. The second kappa shape index (κ2) is 10.5. The maximum atomic E-state index is 12.2. The van der Waals surface area contributed by atoms with E-state index in [0.29, 0.717) is 37.3 Å². The second-order valence-electron chi connectivity index (χ2n) is 6.16. The van der Waals surface area contributed by atoms with E-state index in [2.05, 4.69) is 5.32 Å². The summed E-state index contributed by atoms with van der Waals surface area (Å²) in [5.74, 6) is 0.475. The molecule has 6 nitrogen and oxygen atoms in total. The first kappa shape index (κ1) is 20.7. The summed E-state index contributed by atoms with van der Waals surface area (Å²) in [6, 6.07) is 6.98. The van der Waals surface area contributed by atoms with Crippen molar-refractivity contribution >= 4 is 17.6 Å². The fourth-order valence-electron chi connectivity index (χ4n) is 2.27. The van der Waals surface area contributed by atoms with Gasteiger partial charge in [-0.2, -0.15) is 0 Å². The third-order valence-electron chi connectivity index (χ3n) is 3.58. The molecule has 6 heteroatoms. The number of carbonyl (C=O) groups excluding carboxylic acids is 3. The van der Waals surface area contributed by atoms with Crippen LogP contribution in [0.3, 0.4) is 0 Å². The molecule has 138 valence electrons. The smallest absolute Gasteiger partial charge is 0.239 e. The lowest BCUT2D eigenvalue weighted by molar-refractivity contribution is -0.136. The average molecular weight is 348 g/mol. The van der Waals surface area contributed by atoms with Gasteiger partial charge in [0.05, 0.1) is 13.2 Å². The van der Waals surface area contributed by atoms with E-state index >= 15 is 0 Å². The minimum Gasteiger partial charge on any atom is -0.494 e. The molecule has 0 aliphatic carbocycles. The Labute approximate surface area is 149 Å². The van der Waals surface area contributed by atoms with E-state index in [9.17, 15) is 14.4 Å². The maximum absolute atomic E-state index is 12.2. The Balaban J connectivity index is 2.34. The number of nitrogens with one attached hydrogen (secondary N) is 1. The summed E-state index contributed by atoms with van der Waals surface area (Å²) in [5, 5.41) is 2.78. The van der Waals surface area contributed by atoms with E-state index in [-0.39, 0.29) is 30.2 Å². The van der Waals surface area contributed by atoms with E-state index in [1.54, 1.807) is 29.2 Å². The monoisotopic (exact) mass is 348 g/mol. The van der Waals surface area contributed by atoms with Gasteiger partial charge in [0.1, 0.15) is 5.75 Å². The molecule has 25 heavy (non-hydrogen) atoms. The molecule has 0 saturated carbocycles. The van der Waals surface area contributed by atoms with Gasteiger partial charge in [-0.15, -0.1) is 0 Å². The van der Waals surface area contributed by atoms with Crippen LogP contribution in [0.2, 0.25) is 0 Å². The van der Waals surface area contributed by atoms with Crippen LogP contribution in [-0.2, 0) is 9.59 Å². The summed E-state index contributed by atoms with van der Waals surface area (Å²) in [5.41, 5.74) is 0.640. The van der Waals surface area contributed by atoms with Gasteiger partial charge in [-0.05, 0) is 58.4 Å². The van der Waals surface area contributed by atoms with Crippen LogP contribution in [-0.4, -0.2) is 48.2 Å². The highest BCUT2D eigenvalue weighted by Crippen LogP contribution is 2.13. The quantitative estimate of drug-likeness (QED) is 0.520. The largest absolute Gasteiger partial charge is 0.494 e. The molecule has 0 aliphatic rings. The van der Waals surface area contributed by atoms with Crippen molar-refractivity contribution in [2.45, 2.75) is 46.6 Å². The number of amides is 2. The Kier molecular flexibility index (Phi) is 8.67. The summed E-state index contributed by atoms with van der Waals surface area (Å²) in [6.45, 7) is 8.13. The molecule has 1 rings (SSSR count). The average Bonchev–Trinajstić information content (AvgIpc) is 2.56. The van der Waals surface area contributed by atoms with Crippen LogP contribution in [0.5, 0.6) is 5.75 Å². The zero-order valence-corrected chi connectivity index (χ0v) is 15.5. The van der Waals surface area contributed by atoms with Crippen molar-refractivity contribution in [1.29, 1.82) is 0 Å². The van der Waals surface area contributed by atoms with Crippen LogP contribution in [0, 0.1) is 0 Å². The van der Waals surface area contributed by atoms with E-state index in [0.717, 1.165) is 0 Å². The molecule has 0 aromatic heterocycles. The summed E-state index contributed by atoms with van der Waals surface area (Å²) >= 11 is 0. The Morgan fingerprint density at radius 3 is 2.32 bits per heavy atom. The molecule has 1 N–H and O–H groups in total. The van der Waals surface area contributed by atoms with Crippen LogP contribution in [0.15, 0.2) is 24.3 Å². The fourth-order valence-corrected chi connectivity index (χ4v) is 2.27. The Bertz CT molecular complexity index is 582. The standard InChI is InChI=1S/C19H28N2O4/c1-5-21(13-18(23)20-14(2)3)19(24)7-6-12-25-17-10-8-16(9-11-17)15(4)22/h8-11,14H,5-7,12-13H2,1-4H3,(H,20,23). The number of hydrogen-bond donors (Lipinski definition) is 1. The number of nitrogens with zero attached hydrogens (tertiary/aromatic N) is 1. The van der Waals surface area contributed by atoms with E-state index in [1.165, 1.54) is 6.92 Å². The minimum atomic E-state index is -0.146. The topological polar surface area (TPSA) is 75.7 Å². The molecule has 0 saturated heterocycles. The Morgan fingerprint density at radius 1 is 1.16 bits per heavy atom. The Morgan fingerprint density at radius 2 is 1.80 bits per heavy atom. The second-order valence-corrected chi connectivity index (χ2v) is 6.16. The minimum absolute atomic E-state index is 0.0123. The van der Waals surface area contributed by atoms with Gasteiger partial charge in [0.25, 0.3) is 0 Å². The van der Waals surface area contributed by atoms with Crippen molar-refractivity contribution in [3.63, 3.8) is 0 Å². The summed E-state index contributed by atoms with van der Waals surface area (Å²) in [4.78, 5) is 36.7. The number of rotatable bonds is 10. The molecule has 0 radical (unpaired) electrons. The predicted molar refractivity (Wildman–Crippen MR) is 96.7 cm³/mol. The lowest BCUT2D eigenvalue weighted by Crippen LogP contribution is -2.42. The van der Waals surface area contributed by atoms with Gasteiger partial charge in [0.15, 0.2) is 5.78 Å². The van der Waals surface area contributed by atoms with Crippen molar-refractivity contribution in [2.24, 2.45) is 0 Å². The number of hydrogen-bond acceptors (Lipinski definition) is 4. The Hall–Kier alpha value is -2.37. The molecule has 1 aromatic rings. The molecule has 0 atom stereocenters. The maximum Gasteiger partial charge on any atom is 0.239 e. The number of carbonyl (C=O) groups is 3. The van der Waals surface area contributed by atoms with Crippen molar-refractivity contribution in [3.05, 3.63) is 29.8 Å². The number of likely N-dealkylation sites (N-methyl/N-ethyl adjacent to an activating group) is 1. The predicted octanol–water partition coefficient (Wildman–Crippen LogP) is 2.42. The molecule has 0 bridgehead atoms. The molecule has 0 spiro atoms. The third-order valence-corrected chi connectivity index (χ3v) is 3.58. The van der Waals surface area contributed by atoms with E-state index in [4.69, 9.17) is 4.74 Å². The lowest BCUT2D eigenvalue weighted by atomic mass is 10.1. The summed E-state index contributed by atoms with van der Waals surface area (Å²) in [6.07, 6.45) is 0.893. The molecule has 1 aromatic carbocycles. The van der Waals surface area contributed by atoms with Gasteiger partial charge in [-0.1, -0.05) is 0 Å². The highest BCUT2D eigenvalue weighted by molar-refractivity contribution is 5.94. The van der Waals surface area contributed by atoms with Crippen LogP contribution >= 0.6 is 0 Å². The molecule has 0 unspecified atom stereocenters. The fraction of sp³-hybridized carbons (Fsp3) is 0.526. The van der Waals surface area contributed by atoms with Gasteiger partial charge < -0.3 is 15.0 Å². The van der Waals surface area contributed by atoms with Gasteiger partial charge in [0.2, 0.25) is 11.8 Å². The van der Waals surface area contributed by atoms with Crippen molar-refractivity contribution < 1.29 is 19.1 Å². The van der Waals surface area contributed by atoms with Gasteiger partial charge in [0, 0.05) is 24.6 Å². The van der Waals surface area contributed by atoms with Crippen molar-refractivity contribution in [2.75, 3.05) is 19.7 Å². The summed E-state index contributed by atoms with van der Waals surface area (Å²) < 4.78 is 5.58. The molecular formula is C19H28N2O4. The highest BCUT2D eigenvalue weighted by atomic mass is 16.5. The lowest BCUT2D eigenvalue weighted by Gasteiger charge is -2.21. The van der Waals surface area contributed by atoms with Crippen LogP contribution in [0.4, 0.5) is 0 Å². The molecule has 0 fully saturated rings.